The number of carbonyl (C=O) groups is 2. The molecule has 1 amide bonds. The number of fused-ring (bicyclic) bond motifs is 1. The number of carbonyl (C=O) groups excluding carboxylic acids is 2. The number of amides is 1. The van der Waals surface area contributed by atoms with Crippen LogP contribution in [0, 0.1) is 0 Å². The molecule has 9 nitrogen and oxygen atoms in total. The fourth-order valence-corrected chi connectivity index (χ4v) is 4.64. The Bertz CT molecular complexity index is 1110. The number of phenolic OH excluding ortho intramolecular Hbond substituents is 1. The second kappa shape index (κ2) is 9.80. The molecule has 0 saturated carbocycles. The summed E-state index contributed by atoms with van der Waals surface area (Å²) in [6.07, 6.45) is -0.264. The van der Waals surface area contributed by atoms with Crippen LogP contribution < -0.4 is 10.0 Å². The molecule has 2 aromatic carbocycles. The van der Waals surface area contributed by atoms with E-state index in [-0.39, 0.29) is 17.2 Å². The predicted octanol–water partition coefficient (Wildman–Crippen LogP) is 2.79. The van der Waals surface area contributed by atoms with Crippen LogP contribution in [0.1, 0.15) is 44.4 Å². The first-order valence-electron chi connectivity index (χ1n) is 10.5. The second-order valence-electron chi connectivity index (χ2n) is 8.72. The van der Waals surface area contributed by atoms with Gasteiger partial charge in [-0.2, -0.15) is 4.72 Å². The van der Waals surface area contributed by atoms with Crippen molar-refractivity contribution in [3.8, 4) is 5.75 Å². The van der Waals surface area contributed by atoms with Gasteiger partial charge in [0.1, 0.15) is 23.5 Å². The zero-order valence-corrected chi connectivity index (χ0v) is 19.5. The Hall–Kier alpha value is -3.11. The maximum Gasteiger partial charge on any atom is 0.407 e. The molecule has 0 aromatic heterocycles. The maximum absolute atomic E-state index is 13.0. The minimum absolute atomic E-state index is 0.0262. The lowest BCUT2D eigenvalue weighted by molar-refractivity contribution is -0.151. The fourth-order valence-electron chi connectivity index (χ4n) is 3.44. The SMILES string of the molecule is CC(C)(C)OC(=O)NC[C@H](NS(=O)(=O)c1ccccc1)C(=O)OC1CCc2cc(O)ccc21. The minimum atomic E-state index is -4.06. The van der Waals surface area contributed by atoms with Crippen LogP contribution >= 0.6 is 0 Å². The lowest BCUT2D eigenvalue weighted by atomic mass is 10.1. The van der Waals surface area contributed by atoms with Crippen molar-refractivity contribution < 1.29 is 32.6 Å². The van der Waals surface area contributed by atoms with Crippen molar-refractivity contribution in [2.24, 2.45) is 0 Å². The average Bonchev–Trinajstić information content (AvgIpc) is 3.12. The van der Waals surface area contributed by atoms with E-state index in [1.165, 1.54) is 18.2 Å². The number of phenols is 1. The highest BCUT2D eigenvalue weighted by atomic mass is 32.2. The van der Waals surface area contributed by atoms with Crippen LogP contribution in [0.4, 0.5) is 4.79 Å². The molecule has 0 spiro atoms. The van der Waals surface area contributed by atoms with Crippen molar-refractivity contribution in [1.29, 1.82) is 0 Å². The van der Waals surface area contributed by atoms with E-state index in [2.05, 4.69) is 10.0 Å². The normalized spacial score (nSPS) is 16.5. The Balaban J connectivity index is 1.76. The molecule has 0 aliphatic heterocycles. The van der Waals surface area contributed by atoms with Crippen LogP contribution in [-0.2, 0) is 30.7 Å². The summed E-state index contributed by atoms with van der Waals surface area (Å²) in [4.78, 5) is 25.0. The van der Waals surface area contributed by atoms with Crippen molar-refractivity contribution >= 4 is 22.1 Å². The molecule has 0 fully saturated rings. The monoisotopic (exact) mass is 476 g/mol. The summed E-state index contributed by atoms with van der Waals surface area (Å²) in [5.41, 5.74) is 0.856. The molecule has 0 saturated heterocycles. The molecular weight excluding hydrogens is 448 g/mol. The summed E-state index contributed by atoms with van der Waals surface area (Å²) in [5.74, 6) is -0.715. The van der Waals surface area contributed by atoms with Crippen molar-refractivity contribution in [2.75, 3.05) is 6.54 Å². The van der Waals surface area contributed by atoms with Gasteiger partial charge in [-0.1, -0.05) is 24.3 Å². The summed E-state index contributed by atoms with van der Waals surface area (Å²) in [5, 5.41) is 12.1. The van der Waals surface area contributed by atoms with Gasteiger partial charge in [-0.3, -0.25) is 4.79 Å². The zero-order valence-electron chi connectivity index (χ0n) is 18.7. The van der Waals surface area contributed by atoms with E-state index in [1.807, 2.05) is 0 Å². The fraction of sp³-hybridized carbons (Fsp3) is 0.391. The lowest BCUT2D eigenvalue weighted by Gasteiger charge is -2.23. The van der Waals surface area contributed by atoms with E-state index in [0.717, 1.165) is 11.1 Å². The van der Waals surface area contributed by atoms with Gasteiger partial charge >= 0.3 is 12.1 Å². The number of hydrogen-bond donors (Lipinski definition) is 3. The van der Waals surface area contributed by atoms with Gasteiger partial charge in [-0.05, 0) is 69.0 Å². The van der Waals surface area contributed by atoms with Crippen LogP contribution in [0.15, 0.2) is 53.4 Å². The minimum Gasteiger partial charge on any atom is -0.508 e. The molecule has 1 aliphatic rings. The molecule has 3 rings (SSSR count). The summed E-state index contributed by atoms with van der Waals surface area (Å²) in [6.45, 7) is 4.69. The van der Waals surface area contributed by atoms with E-state index in [9.17, 15) is 23.1 Å². The molecule has 10 heteroatoms. The summed E-state index contributed by atoms with van der Waals surface area (Å²) in [7, 11) is -4.06. The first-order valence-corrected chi connectivity index (χ1v) is 12.0. The highest BCUT2D eigenvalue weighted by molar-refractivity contribution is 7.89. The van der Waals surface area contributed by atoms with Gasteiger partial charge in [-0.25, -0.2) is 13.2 Å². The summed E-state index contributed by atoms with van der Waals surface area (Å²) < 4.78 is 38.7. The topological polar surface area (TPSA) is 131 Å². The Kier molecular flexibility index (Phi) is 7.28. The molecule has 33 heavy (non-hydrogen) atoms. The van der Waals surface area contributed by atoms with Gasteiger partial charge in [0.25, 0.3) is 0 Å². The third kappa shape index (κ3) is 6.69. The van der Waals surface area contributed by atoms with E-state index in [4.69, 9.17) is 9.47 Å². The third-order valence-corrected chi connectivity index (χ3v) is 6.38. The molecule has 1 aliphatic carbocycles. The van der Waals surface area contributed by atoms with Gasteiger partial charge in [-0.15, -0.1) is 0 Å². The number of alkyl carbamates (subject to hydrolysis) is 1. The Labute approximate surface area is 193 Å². The largest absolute Gasteiger partial charge is 0.508 e. The molecule has 0 bridgehead atoms. The van der Waals surface area contributed by atoms with Gasteiger partial charge in [0.05, 0.1) is 4.90 Å². The number of nitrogens with one attached hydrogen (secondary N) is 2. The Morgan fingerprint density at radius 3 is 2.52 bits per heavy atom. The van der Waals surface area contributed by atoms with Crippen LogP contribution in [-0.4, -0.2) is 43.8 Å². The first kappa shape index (κ1) is 24.5. The summed E-state index contributed by atoms with van der Waals surface area (Å²) in [6, 6.07) is 11.0. The van der Waals surface area contributed by atoms with Crippen molar-refractivity contribution in [3.05, 3.63) is 59.7 Å². The number of ether oxygens (including phenoxy) is 2. The molecule has 0 radical (unpaired) electrons. The number of esters is 1. The van der Waals surface area contributed by atoms with Gasteiger partial charge in [0.2, 0.25) is 10.0 Å². The van der Waals surface area contributed by atoms with Crippen LogP contribution in [0.2, 0.25) is 0 Å². The van der Waals surface area contributed by atoms with Crippen molar-refractivity contribution in [3.63, 3.8) is 0 Å². The van der Waals surface area contributed by atoms with Gasteiger partial charge < -0.3 is 19.9 Å². The van der Waals surface area contributed by atoms with Crippen molar-refractivity contribution in [1.82, 2.24) is 10.0 Å². The number of benzene rings is 2. The third-order valence-electron chi connectivity index (χ3n) is 4.89. The number of rotatable bonds is 7. The molecule has 0 heterocycles. The number of aryl methyl sites for hydroxylation is 1. The highest BCUT2D eigenvalue weighted by Gasteiger charge is 2.32. The second-order valence-corrected chi connectivity index (χ2v) is 10.4. The van der Waals surface area contributed by atoms with Crippen LogP contribution in [0.5, 0.6) is 5.75 Å². The zero-order chi connectivity index (χ0) is 24.2. The van der Waals surface area contributed by atoms with E-state index in [1.54, 1.807) is 51.1 Å². The van der Waals surface area contributed by atoms with E-state index in [0.29, 0.717) is 12.8 Å². The number of hydrogen-bond acceptors (Lipinski definition) is 7. The van der Waals surface area contributed by atoms with Crippen molar-refractivity contribution in [2.45, 2.75) is 56.3 Å². The standard InChI is InChI=1S/C23H28N2O7S/c1-23(2,3)32-22(28)24-14-19(25-33(29,30)17-7-5-4-6-8-17)21(27)31-20-12-9-15-13-16(26)10-11-18(15)20/h4-8,10-11,13,19-20,25-26H,9,12,14H2,1-3H3,(H,24,28)/t19-,20?/m0/s1. The Morgan fingerprint density at radius 1 is 1.15 bits per heavy atom. The van der Waals surface area contributed by atoms with E-state index >= 15 is 0 Å². The lowest BCUT2D eigenvalue weighted by Crippen LogP contribution is -2.49. The van der Waals surface area contributed by atoms with Gasteiger partial charge in [0.15, 0.2) is 0 Å². The number of aromatic hydroxyl groups is 1. The summed E-state index contributed by atoms with van der Waals surface area (Å²) >= 11 is 0. The molecule has 178 valence electrons. The number of sulfonamides is 1. The quantitative estimate of drug-likeness (QED) is 0.524. The van der Waals surface area contributed by atoms with Gasteiger partial charge in [0, 0.05) is 6.54 Å². The predicted molar refractivity (Wildman–Crippen MR) is 120 cm³/mol. The van der Waals surface area contributed by atoms with Crippen LogP contribution in [0.3, 0.4) is 0 Å². The molecule has 3 N–H and O–H groups in total. The molecule has 2 atom stereocenters. The Morgan fingerprint density at radius 2 is 1.85 bits per heavy atom. The smallest absolute Gasteiger partial charge is 0.407 e. The molecule has 1 unspecified atom stereocenters. The highest BCUT2D eigenvalue weighted by Crippen LogP contribution is 2.36. The average molecular weight is 477 g/mol. The molecule has 2 aromatic rings. The van der Waals surface area contributed by atoms with E-state index < -0.39 is 39.8 Å². The maximum atomic E-state index is 13.0. The van der Waals surface area contributed by atoms with Crippen LogP contribution in [0.25, 0.3) is 0 Å². The molecular formula is C23H28N2O7S. The first-order chi connectivity index (χ1) is 15.4.